The minimum Gasteiger partial charge on any atom is -0.339 e. The standard InChI is InChI=1S/C17H20N6O/c1-12-16(24)23(10-14-6-3-2-5-13(14)9-18)17(21-20-12)22-8-4-7-15(19)11-22/h2-3,5-6,15H,4,7-8,10-11,19H2,1H3. The van der Waals surface area contributed by atoms with Gasteiger partial charge in [0.25, 0.3) is 5.56 Å². The summed E-state index contributed by atoms with van der Waals surface area (Å²) in [5.41, 5.74) is 7.56. The van der Waals surface area contributed by atoms with E-state index in [9.17, 15) is 10.1 Å². The van der Waals surface area contributed by atoms with Crippen LogP contribution in [0.25, 0.3) is 0 Å². The van der Waals surface area contributed by atoms with Crippen molar-refractivity contribution in [2.75, 3.05) is 18.0 Å². The van der Waals surface area contributed by atoms with Crippen LogP contribution in [-0.4, -0.2) is 33.9 Å². The van der Waals surface area contributed by atoms with Gasteiger partial charge in [-0.3, -0.25) is 9.36 Å². The quantitative estimate of drug-likeness (QED) is 0.896. The Labute approximate surface area is 140 Å². The third-order valence-electron chi connectivity index (χ3n) is 4.29. The van der Waals surface area contributed by atoms with Gasteiger partial charge in [-0.05, 0) is 31.4 Å². The van der Waals surface area contributed by atoms with E-state index in [-0.39, 0.29) is 11.6 Å². The molecule has 124 valence electrons. The van der Waals surface area contributed by atoms with Crippen LogP contribution < -0.4 is 16.2 Å². The second kappa shape index (κ2) is 6.81. The third-order valence-corrected chi connectivity index (χ3v) is 4.29. The summed E-state index contributed by atoms with van der Waals surface area (Å²) in [7, 11) is 0. The molecule has 0 spiro atoms. The molecular weight excluding hydrogens is 304 g/mol. The van der Waals surface area contributed by atoms with Gasteiger partial charge in [0.05, 0.1) is 18.2 Å². The Morgan fingerprint density at radius 2 is 2.17 bits per heavy atom. The number of nitrogens with zero attached hydrogens (tertiary/aromatic N) is 5. The number of piperidine rings is 1. The predicted octanol–water partition coefficient (Wildman–Crippen LogP) is 0.794. The van der Waals surface area contributed by atoms with Gasteiger partial charge in [0, 0.05) is 19.1 Å². The number of rotatable bonds is 3. The first-order valence-corrected chi connectivity index (χ1v) is 8.03. The number of hydrogen-bond acceptors (Lipinski definition) is 6. The molecule has 1 unspecified atom stereocenters. The highest BCUT2D eigenvalue weighted by molar-refractivity contribution is 5.39. The van der Waals surface area contributed by atoms with Crippen molar-refractivity contribution < 1.29 is 0 Å². The van der Waals surface area contributed by atoms with Crippen LogP contribution in [0.3, 0.4) is 0 Å². The fraction of sp³-hybridized carbons (Fsp3) is 0.412. The SMILES string of the molecule is Cc1nnc(N2CCCC(N)C2)n(Cc2ccccc2C#N)c1=O. The second-order valence-corrected chi connectivity index (χ2v) is 6.09. The summed E-state index contributed by atoms with van der Waals surface area (Å²) in [6, 6.07) is 9.51. The molecule has 2 heterocycles. The maximum absolute atomic E-state index is 12.6. The van der Waals surface area contributed by atoms with Crippen molar-refractivity contribution in [3.05, 3.63) is 51.4 Å². The molecule has 1 aromatic heterocycles. The molecule has 1 aromatic carbocycles. The first-order chi connectivity index (χ1) is 11.6. The van der Waals surface area contributed by atoms with Gasteiger partial charge in [0.2, 0.25) is 5.95 Å². The predicted molar refractivity (Wildman–Crippen MR) is 90.7 cm³/mol. The lowest BCUT2D eigenvalue weighted by molar-refractivity contribution is 0.487. The molecule has 1 saturated heterocycles. The Bertz CT molecular complexity index is 838. The first kappa shape index (κ1) is 16.1. The van der Waals surface area contributed by atoms with Gasteiger partial charge in [0.1, 0.15) is 5.69 Å². The van der Waals surface area contributed by atoms with E-state index < -0.39 is 0 Å². The summed E-state index contributed by atoms with van der Waals surface area (Å²) in [4.78, 5) is 14.6. The molecule has 1 aliphatic heterocycles. The number of aromatic nitrogens is 3. The number of hydrogen-bond donors (Lipinski definition) is 1. The lowest BCUT2D eigenvalue weighted by Crippen LogP contribution is -2.46. The Kier molecular flexibility index (Phi) is 4.58. The minimum absolute atomic E-state index is 0.0665. The lowest BCUT2D eigenvalue weighted by Gasteiger charge is -2.32. The summed E-state index contributed by atoms with van der Waals surface area (Å²) in [5.74, 6) is 0.522. The first-order valence-electron chi connectivity index (χ1n) is 8.03. The van der Waals surface area contributed by atoms with Crippen LogP contribution in [0.2, 0.25) is 0 Å². The Morgan fingerprint density at radius 1 is 1.38 bits per heavy atom. The molecule has 7 nitrogen and oxygen atoms in total. The van der Waals surface area contributed by atoms with E-state index in [1.165, 1.54) is 0 Å². The van der Waals surface area contributed by atoms with E-state index in [0.717, 1.165) is 24.9 Å². The van der Waals surface area contributed by atoms with Gasteiger partial charge in [-0.2, -0.15) is 5.26 Å². The largest absolute Gasteiger partial charge is 0.339 e. The maximum Gasteiger partial charge on any atom is 0.276 e. The maximum atomic E-state index is 12.6. The topological polar surface area (TPSA) is 101 Å². The highest BCUT2D eigenvalue weighted by Gasteiger charge is 2.22. The monoisotopic (exact) mass is 324 g/mol. The van der Waals surface area contributed by atoms with Crippen LogP contribution in [0.4, 0.5) is 5.95 Å². The van der Waals surface area contributed by atoms with Gasteiger partial charge in [0.15, 0.2) is 0 Å². The molecule has 0 radical (unpaired) electrons. The molecule has 1 fully saturated rings. The zero-order valence-corrected chi connectivity index (χ0v) is 13.6. The van der Waals surface area contributed by atoms with Crippen LogP contribution in [0.15, 0.2) is 29.1 Å². The molecule has 2 N–H and O–H groups in total. The summed E-state index contributed by atoms with van der Waals surface area (Å²) in [6.45, 7) is 3.38. The number of nitrogens with two attached hydrogens (primary N) is 1. The molecule has 0 amide bonds. The summed E-state index contributed by atoms with van der Waals surface area (Å²) < 4.78 is 1.59. The zero-order valence-electron chi connectivity index (χ0n) is 13.6. The van der Waals surface area contributed by atoms with Crippen molar-refractivity contribution in [2.24, 2.45) is 5.73 Å². The molecule has 1 atom stereocenters. The smallest absolute Gasteiger partial charge is 0.276 e. The van der Waals surface area contributed by atoms with Crippen LogP contribution in [-0.2, 0) is 6.54 Å². The summed E-state index contributed by atoms with van der Waals surface area (Å²) in [6.07, 6.45) is 1.93. The Balaban J connectivity index is 2.04. The molecule has 24 heavy (non-hydrogen) atoms. The van der Waals surface area contributed by atoms with E-state index in [1.807, 2.05) is 23.1 Å². The molecule has 1 aliphatic rings. The van der Waals surface area contributed by atoms with Crippen molar-refractivity contribution in [2.45, 2.75) is 32.4 Å². The van der Waals surface area contributed by atoms with Gasteiger partial charge < -0.3 is 10.6 Å². The summed E-state index contributed by atoms with van der Waals surface area (Å²) >= 11 is 0. The van der Waals surface area contributed by atoms with E-state index in [4.69, 9.17) is 5.73 Å². The highest BCUT2D eigenvalue weighted by atomic mass is 16.1. The lowest BCUT2D eigenvalue weighted by atomic mass is 10.1. The zero-order chi connectivity index (χ0) is 17.1. The average Bonchev–Trinajstić information content (AvgIpc) is 2.59. The molecule has 7 heteroatoms. The van der Waals surface area contributed by atoms with Crippen molar-refractivity contribution in [1.29, 1.82) is 5.26 Å². The third kappa shape index (κ3) is 3.14. The van der Waals surface area contributed by atoms with Crippen molar-refractivity contribution in [1.82, 2.24) is 14.8 Å². The van der Waals surface area contributed by atoms with Crippen LogP contribution in [0.1, 0.15) is 29.7 Å². The van der Waals surface area contributed by atoms with Crippen LogP contribution in [0, 0.1) is 18.3 Å². The van der Waals surface area contributed by atoms with E-state index >= 15 is 0 Å². The van der Waals surface area contributed by atoms with Crippen LogP contribution >= 0.6 is 0 Å². The molecule has 2 aromatic rings. The Hall–Kier alpha value is -2.72. The highest BCUT2D eigenvalue weighted by Crippen LogP contribution is 2.18. The normalized spacial score (nSPS) is 17.5. The van der Waals surface area contributed by atoms with Gasteiger partial charge in [-0.25, -0.2) is 0 Å². The second-order valence-electron chi connectivity index (χ2n) is 6.09. The van der Waals surface area contributed by atoms with Crippen molar-refractivity contribution in [3.63, 3.8) is 0 Å². The number of benzene rings is 1. The van der Waals surface area contributed by atoms with Crippen LogP contribution in [0.5, 0.6) is 0 Å². The number of aryl methyl sites for hydroxylation is 1. The fourth-order valence-corrected chi connectivity index (χ4v) is 3.01. The van der Waals surface area contributed by atoms with E-state index in [0.29, 0.717) is 30.3 Å². The average molecular weight is 324 g/mol. The fourth-order valence-electron chi connectivity index (χ4n) is 3.01. The Morgan fingerprint density at radius 3 is 2.92 bits per heavy atom. The number of anilines is 1. The molecule has 3 rings (SSSR count). The van der Waals surface area contributed by atoms with E-state index in [1.54, 1.807) is 17.6 Å². The molecule has 0 saturated carbocycles. The van der Waals surface area contributed by atoms with E-state index in [2.05, 4.69) is 16.3 Å². The van der Waals surface area contributed by atoms with Gasteiger partial charge in [-0.15, -0.1) is 10.2 Å². The van der Waals surface area contributed by atoms with Crippen molar-refractivity contribution >= 4 is 5.95 Å². The molecule has 0 bridgehead atoms. The summed E-state index contributed by atoms with van der Waals surface area (Å²) in [5, 5.41) is 17.5. The minimum atomic E-state index is -0.188. The van der Waals surface area contributed by atoms with Crippen molar-refractivity contribution in [3.8, 4) is 6.07 Å². The molecular formula is C17H20N6O. The molecule has 0 aliphatic carbocycles. The number of nitriles is 1. The van der Waals surface area contributed by atoms with Gasteiger partial charge >= 0.3 is 0 Å². The van der Waals surface area contributed by atoms with Gasteiger partial charge in [-0.1, -0.05) is 18.2 Å².